The topological polar surface area (TPSA) is 58.6 Å². The van der Waals surface area contributed by atoms with Gasteiger partial charge in [0.15, 0.2) is 0 Å². The van der Waals surface area contributed by atoms with Gasteiger partial charge >= 0.3 is 6.03 Å². The Kier molecular flexibility index (Phi) is 3.72. The van der Waals surface area contributed by atoms with Crippen molar-refractivity contribution in [3.05, 3.63) is 25.0 Å². The minimum Gasteiger partial charge on any atom is -0.497 e. The summed E-state index contributed by atoms with van der Waals surface area (Å²) in [5.74, 6) is -0.219. The van der Waals surface area contributed by atoms with E-state index in [0.717, 1.165) is 4.90 Å². The molecule has 0 spiro atoms. The minimum absolute atomic E-state index is 0.0835. The molecule has 0 aromatic rings. The molecule has 0 saturated carbocycles. The number of hydrogen-bond donors (Lipinski definition) is 1. The summed E-state index contributed by atoms with van der Waals surface area (Å²) in [5, 5.41) is 2.42. The van der Waals surface area contributed by atoms with Crippen molar-refractivity contribution < 1.29 is 14.3 Å². The molecule has 0 radical (unpaired) electrons. The zero-order valence-corrected chi connectivity index (χ0v) is 7.73. The van der Waals surface area contributed by atoms with Crippen LogP contribution in [0.25, 0.3) is 0 Å². The third kappa shape index (κ3) is 2.62. The lowest BCUT2D eigenvalue weighted by atomic mass is 10.5. The Labute approximate surface area is 82.0 Å². The summed E-state index contributed by atoms with van der Waals surface area (Å²) in [6.45, 7) is 4.21. The minimum atomic E-state index is -0.358. The predicted molar refractivity (Wildman–Crippen MR) is 50.4 cm³/mol. The number of amides is 3. The molecular formula is C9H12N2O3. The fourth-order valence-corrected chi connectivity index (χ4v) is 0.980. The molecule has 0 aromatic carbocycles. The van der Waals surface area contributed by atoms with Crippen molar-refractivity contribution in [2.45, 2.75) is 0 Å². The van der Waals surface area contributed by atoms with E-state index in [-0.39, 0.29) is 25.0 Å². The van der Waals surface area contributed by atoms with Crippen LogP contribution in [0.3, 0.4) is 0 Å². The van der Waals surface area contributed by atoms with Gasteiger partial charge in [0.2, 0.25) is 5.91 Å². The molecule has 3 amide bonds. The molecule has 1 aliphatic heterocycles. The number of imide groups is 1. The van der Waals surface area contributed by atoms with E-state index in [0.29, 0.717) is 6.61 Å². The Morgan fingerprint density at radius 3 is 2.93 bits per heavy atom. The summed E-state index contributed by atoms with van der Waals surface area (Å²) >= 11 is 0. The summed E-state index contributed by atoms with van der Waals surface area (Å²) in [5.41, 5.74) is 0. The van der Waals surface area contributed by atoms with Crippen molar-refractivity contribution in [1.29, 1.82) is 0 Å². The normalized spacial score (nSPS) is 16.1. The molecule has 1 N–H and O–H groups in total. The second-order valence-electron chi connectivity index (χ2n) is 2.66. The van der Waals surface area contributed by atoms with Gasteiger partial charge < -0.3 is 10.1 Å². The predicted octanol–water partition coefficient (Wildman–Crippen LogP) is 0.255. The first kappa shape index (κ1) is 10.3. The first-order chi connectivity index (χ1) is 6.75. The van der Waals surface area contributed by atoms with Gasteiger partial charge in [0, 0.05) is 0 Å². The number of nitrogens with zero attached hydrogens (tertiary/aromatic N) is 1. The monoisotopic (exact) mass is 196 g/mol. The number of ether oxygens (including phenoxy) is 1. The summed E-state index contributed by atoms with van der Waals surface area (Å²) in [4.78, 5) is 23.2. The summed E-state index contributed by atoms with van der Waals surface area (Å²) < 4.78 is 4.94. The summed E-state index contributed by atoms with van der Waals surface area (Å²) in [6.07, 6.45) is 4.66. The molecule has 14 heavy (non-hydrogen) atoms. The van der Waals surface area contributed by atoms with E-state index in [2.05, 4.69) is 11.9 Å². The van der Waals surface area contributed by atoms with E-state index in [4.69, 9.17) is 4.74 Å². The Morgan fingerprint density at radius 1 is 1.57 bits per heavy atom. The Hall–Kier alpha value is -1.78. The highest BCUT2D eigenvalue weighted by molar-refractivity contribution is 6.02. The average Bonchev–Trinajstić information content (AvgIpc) is 2.48. The van der Waals surface area contributed by atoms with Crippen LogP contribution < -0.4 is 5.32 Å². The molecule has 1 saturated heterocycles. The molecule has 0 aromatic heterocycles. The van der Waals surface area contributed by atoms with Crippen molar-refractivity contribution in [3.8, 4) is 0 Å². The fourth-order valence-electron chi connectivity index (χ4n) is 0.980. The van der Waals surface area contributed by atoms with E-state index >= 15 is 0 Å². The van der Waals surface area contributed by atoms with Crippen molar-refractivity contribution in [1.82, 2.24) is 10.2 Å². The molecule has 0 aliphatic carbocycles. The molecule has 0 unspecified atom stereocenters. The molecule has 0 bridgehead atoms. The first-order valence-corrected chi connectivity index (χ1v) is 4.21. The van der Waals surface area contributed by atoms with Crippen LogP contribution in [0.2, 0.25) is 0 Å². The van der Waals surface area contributed by atoms with Crippen LogP contribution in [-0.4, -0.2) is 36.5 Å². The summed E-state index contributed by atoms with van der Waals surface area (Å²) in [6, 6.07) is -0.358. The highest BCUT2D eigenvalue weighted by Gasteiger charge is 2.26. The van der Waals surface area contributed by atoms with Crippen LogP contribution in [-0.2, 0) is 9.53 Å². The van der Waals surface area contributed by atoms with Crippen LogP contribution in [0.5, 0.6) is 0 Å². The molecule has 1 heterocycles. The quantitative estimate of drug-likeness (QED) is 0.297. The largest absolute Gasteiger partial charge is 0.497 e. The van der Waals surface area contributed by atoms with Gasteiger partial charge in [-0.3, -0.25) is 9.69 Å². The highest BCUT2D eigenvalue weighted by Crippen LogP contribution is 1.98. The lowest BCUT2D eigenvalue weighted by Gasteiger charge is -2.07. The number of carbonyl (C=O) groups excluding carboxylic acids is 2. The van der Waals surface area contributed by atoms with Crippen molar-refractivity contribution >= 4 is 11.9 Å². The lowest BCUT2D eigenvalue weighted by molar-refractivity contribution is -0.124. The first-order valence-electron chi connectivity index (χ1n) is 4.21. The molecule has 1 fully saturated rings. The number of hydrogen-bond acceptors (Lipinski definition) is 3. The molecule has 0 atom stereocenters. The zero-order valence-electron chi connectivity index (χ0n) is 7.73. The Morgan fingerprint density at radius 2 is 2.36 bits per heavy atom. The van der Waals surface area contributed by atoms with Gasteiger partial charge in [-0.25, -0.2) is 4.79 Å². The standard InChI is InChI=1S/C9H12N2O3/c1-2-5-14-6-3-4-11-8(12)7-10-9(11)13/h2-3,6H,1,4-5,7H2,(H,10,13). The Bertz CT molecular complexity index is 257. The van der Waals surface area contributed by atoms with E-state index < -0.39 is 0 Å². The summed E-state index contributed by atoms with van der Waals surface area (Å²) in [7, 11) is 0. The SMILES string of the molecule is C=CCOC=CCN1C(=O)CNC1=O. The second kappa shape index (κ2) is 5.06. The van der Waals surface area contributed by atoms with Gasteiger partial charge in [0.25, 0.3) is 0 Å². The molecule has 1 rings (SSSR count). The van der Waals surface area contributed by atoms with Crippen molar-refractivity contribution in [2.24, 2.45) is 0 Å². The van der Waals surface area contributed by atoms with Crippen LogP contribution in [0.1, 0.15) is 0 Å². The third-order valence-electron chi connectivity index (χ3n) is 1.63. The van der Waals surface area contributed by atoms with Gasteiger partial charge in [-0.05, 0) is 6.08 Å². The third-order valence-corrected chi connectivity index (χ3v) is 1.63. The zero-order chi connectivity index (χ0) is 10.4. The van der Waals surface area contributed by atoms with Gasteiger partial charge in [-0.1, -0.05) is 12.7 Å². The van der Waals surface area contributed by atoms with Crippen LogP contribution >= 0.6 is 0 Å². The molecular weight excluding hydrogens is 184 g/mol. The molecule has 5 nitrogen and oxygen atoms in total. The highest BCUT2D eigenvalue weighted by atomic mass is 16.5. The maximum absolute atomic E-state index is 11.1. The molecule has 5 heteroatoms. The van der Waals surface area contributed by atoms with Crippen molar-refractivity contribution in [3.63, 3.8) is 0 Å². The van der Waals surface area contributed by atoms with Gasteiger partial charge in [-0.15, -0.1) is 0 Å². The maximum atomic E-state index is 11.1. The fraction of sp³-hybridized carbons (Fsp3) is 0.333. The number of carbonyl (C=O) groups is 2. The van der Waals surface area contributed by atoms with Crippen LogP contribution in [0.4, 0.5) is 4.79 Å². The number of rotatable bonds is 5. The van der Waals surface area contributed by atoms with Gasteiger partial charge in [-0.2, -0.15) is 0 Å². The van der Waals surface area contributed by atoms with Gasteiger partial charge in [0.1, 0.15) is 6.61 Å². The van der Waals surface area contributed by atoms with E-state index in [9.17, 15) is 9.59 Å². The second-order valence-corrected chi connectivity index (χ2v) is 2.66. The molecule has 76 valence electrons. The average molecular weight is 196 g/mol. The van der Waals surface area contributed by atoms with E-state index in [1.807, 2.05) is 0 Å². The van der Waals surface area contributed by atoms with E-state index in [1.54, 1.807) is 12.2 Å². The van der Waals surface area contributed by atoms with E-state index in [1.165, 1.54) is 6.26 Å². The van der Waals surface area contributed by atoms with Crippen LogP contribution in [0, 0.1) is 0 Å². The Balaban J connectivity index is 2.29. The van der Waals surface area contributed by atoms with Crippen LogP contribution in [0.15, 0.2) is 25.0 Å². The number of nitrogens with one attached hydrogen (secondary N) is 1. The molecule has 1 aliphatic rings. The van der Waals surface area contributed by atoms with Crippen molar-refractivity contribution in [2.75, 3.05) is 19.7 Å². The number of urea groups is 1. The maximum Gasteiger partial charge on any atom is 0.324 e. The smallest absolute Gasteiger partial charge is 0.324 e. The lowest BCUT2D eigenvalue weighted by Crippen LogP contribution is -2.30. The van der Waals surface area contributed by atoms with Gasteiger partial charge in [0.05, 0.1) is 19.4 Å².